The van der Waals surface area contributed by atoms with Crippen LogP contribution in [0.15, 0.2) is 73.1 Å². The van der Waals surface area contributed by atoms with Crippen molar-refractivity contribution >= 4 is 5.91 Å². The number of carbonyl (C=O) groups excluding carboxylic acids is 1. The Labute approximate surface area is 171 Å². The van der Waals surface area contributed by atoms with Gasteiger partial charge in [-0.25, -0.2) is 0 Å². The Morgan fingerprint density at radius 1 is 1.07 bits per heavy atom. The molecule has 1 aliphatic heterocycles. The smallest absolute Gasteiger partial charge is 0.251 e. The Morgan fingerprint density at radius 2 is 1.90 bits per heavy atom. The lowest BCUT2D eigenvalue weighted by Gasteiger charge is -2.33. The maximum atomic E-state index is 12.8. The molecular formula is C24H25N3O2. The minimum absolute atomic E-state index is 0.0369. The van der Waals surface area contributed by atoms with E-state index < -0.39 is 0 Å². The number of carbonyl (C=O) groups is 1. The maximum absolute atomic E-state index is 12.8. The third-order valence-electron chi connectivity index (χ3n) is 5.30. The fraction of sp³-hybridized carbons (Fsp3) is 0.250. The highest BCUT2D eigenvalue weighted by Gasteiger charge is 2.22. The first-order valence-corrected chi connectivity index (χ1v) is 9.99. The highest BCUT2D eigenvalue weighted by molar-refractivity contribution is 5.95. The first kappa shape index (κ1) is 19.2. The number of likely N-dealkylation sites (tertiary alicyclic amines) is 1. The summed E-state index contributed by atoms with van der Waals surface area (Å²) in [6.45, 7) is 2.59. The van der Waals surface area contributed by atoms with Gasteiger partial charge in [0.25, 0.3) is 5.91 Å². The minimum atomic E-state index is -0.0369. The Hall–Kier alpha value is -3.18. The quantitative estimate of drug-likeness (QED) is 0.698. The molecule has 29 heavy (non-hydrogen) atoms. The number of rotatable bonds is 5. The van der Waals surface area contributed by atoms with Crippen molar-refractivity contribution in [1.29, 1.82) is 0 Å². The van der Waals surface area contributed by atoms with Gasteiger partial charge in [-0.05, 0) is 72.5 Å². The van der Waals surface area contributed by atoms with E-state index in [9.17, 15) is 9.90 Å². The number of pyridine rings is 1. The highest BCUT2D eigenvalue weighted by atomic mass is 16.3. The van der Waals surface area contributed by atoms with Crippen LogP contribution in [0.25, 0.3) is 11.1 Å². The third-order valence-corrected chi connectivity index (χ3v) is 5.30. The largest absolute Gasteiger partial charge is 0.508 e. The minimum Gasteiger partial charge on any atom is -0.508 e. The van der Waals surface area contributed by atoms with E-state index in [1.807, 2.05) is 48.5 Å². The van der Waals surface area contributed by atoms with Crippen LogP contribution in [-0.2, 0) is 6.54 Å². The molecule has 5 heteroatoms. The molecule has 2 heterocycles. The normalized spacial score (nSPS) is 17.0. The van der Waals surface area contributed by atoms with Crippen molar-refractivity contribution in [2.24, 2.45) is 0 Å². The Bertz CT molecular complexity index is 975. The fourth-order valence-electron chi connectivity index (χ4n) is 3.88. The lowest BCUT2D eigenvalue weighted by atomic mass is 10.0. The number of piperidine rings is 1. The van der Waals surface area contributed by atoms with Gasteiger partial charge in [-0.1, -0.05) is 24.3 Å². The highest BCUT2D eigenvalue weighted by Crippen LogP contribution is 2.20. The summed E-state index contributed by atoms with van der Waals surface area (Å²) in [5.74, 6) is 0.253. The van der Waals surface area contributed by atoms with E-state index in [-0.39, 0.29) is 11.9 Å². The van der Waals surface area contributed by atoms with Gasteiger partial charge in [0.05, 0.1) is 0 Å². The average molecular weight is 387 g/mol. The first-order valence-electron chi connectivity index (χ1n) is 9.99. The number of hydrogen-bond acceptors (Lipinski definition) is 4. The molecule has 4 rings (SSSR count). The van der Waals surface area contributed by atoms with Gasteiger partial charge in [0, 0.05) is 37.1 Å². The molecule has 0 aliphatic carbocycles. The van der Waals surface area contributed by atoms with Crippen molar-refractivity contribution in [3.05, 3.63) is 84.2 Å². The number of aromatic nitrogens is 1. The summed E-state index contributed by atoms with van der Waals surface area (Å²) in [6.07, 6.45) is 5.53. The van der Waals surface area contributed by atoms with Crippen LogP contribution in [0.2, 0.25) is 0 Å². The molecule has 148 valence electrons. The number of amides is 1. The molecule has 2 aromatic carbocycles. The fourth-order valence-corrected chi connectivity index (χ4v) is 3.88. The zero-order valence-electron chi connectivity index (χ0n) is 16.3. The standard InChI is InChI=1S/C24H25N3O2/c28-23-8-1-4-18(14-23)16-27-13-3-7-22(17-27)26-24(29)21-6-2-5-20(15-21)19-9-11-25-12-10-19/h1-2,4-6,8-12,14-15,22,28H,3,7,13,16-17H2,(H,26,29)/t22-/m0/s1. The zero-order chi connectivity index (χ0) is 20.1. The number of hydrogen-bond donors (Lipinski definition) is 2. The summed E-state index contributed by atoms with van der Waals surface area (Å²) in [5, 5.41) is 12.9. The van der Waals surface area contributed by atoms with Crippen molar-refractivity contribution < 1.29 is 9.90 Å². The molecule has 3 aromatic rings. The van der Waals surface area contributed by atoms with Gasteiger partial charge in [-0.3, -0.25) is 14.7 Å². The molecular weight excluding hydrogens is 362 g/mol. The van der Waals surface area contributed by atoms with Crippen LogP contribution in [0.5, 0.6) is 5.75 Å². The second-order valence-corrected chi connectivity index (χ2v) is 7.53. The molecule has 2 N–H and O–H groups in total. The Morgan fingerprint density at radius 3 is 2.72 bits per heavy atom. The van der Waals surface area contributed by atoms with Crippen molar-refractivity contribution in [3.8, 4) is 16.9 Å². The van der Waals surface area contributed by atoms with E-state index in [4.69, 9.17) is 0 Å². The molecule has 1 fully saturated rings. The van der Waals surface area contributed by atoms with E-state index >= 15 is 0 Å². The van der Waals surface area contributed by atoms with Crippen LogP contribution in [-0.4, -0.2) is 40.0 Å². The second-order valence-electron chi connectivity index (χ2n) is 7.53. The lowest BCUT2D eigenvalue weighted by molar-refractivity contribution is 0.0901. The van der Waals surface area contributed by atoms with Crippen LogP contribution in [0.3, 0.4) is 0 Å². The SMILES string of the molecule is O=C(N[C@H]1CCCN(Cc2cccc(O)c2)C1)c1cccc(-c2ccncc2)c1. The van der Waals surface area contributed by atoms with E-state index in [2.05, 4.69) is 15.2 Å². The van der Waals surface area contributed by atoms with Crippen LogP contribution >= 0.6 is 0 Å². The van der Waals surface area contributed by atoms with Gasteiger partial charge in [0.1, 0.15) is 5.75 Å². The van der Waals surface area contributed by atoms with E-state index in [1.54, 1.807) is 24.5 Å². The van der Waals surface area contributed by atoms with Gasteiger partial charge < -0.3 is 10.4 Å². The van der Waals surface area contributed by atoms with Crippen molar-refractivity contribution in [3.63, 3.8) is 0 Å². The molecule has 1 aliphatic rings. The van der Waals surface area contributed by atoms with Crippen LogP contribution in [0, 0.1) is 0 Å². The monoisotopic (exact) mass is 387 g/mol. The van der Waals surface area contributed by atoms with Crippen LogP contribution in [0.4, 0.5) is 0 Å². The van der Waals surface area contributed by atoms with Gasteiger partial charge >= 0.3 is 0 Å². The molecule has 0 unspecified atom stereocenters. The Balaban J connectivity index is 1.39. The summed E-state index contributed by atoms with van der Waals surface area (Å²) in [6, 6.07) is 19.1. The van der Waals surface area contributed by atoms with E-state index in [1.165, 1.54) is 0 Å². The molecule has 5 nitrogen and oxygen atoms in total. The number of nitrogens with zero attached hydrogens (tertiary/aromatic N) is 2. The first-order chi connectivity index (χ1) is 14.2. The average Bonchev–Trinajstić information content (AvgIpc) is 2.75. The molecule has 0 spiro atoms. The molecule has 1 saturated heterocycles. The topological polar surface area (TPSA) is 65.5 Å². The maximum Gasteiger partial charge on any atom is 0.251 e. The van der Waals surface area contributed by atoms with Crippen molar-refractivity contribution in [1.82, 2.24) is 15.2 Å². The molecule has 1 amide bonds. The van der Waals surface area contributed by atoms with Crippen molar-refractivity contribution in [2.45, 2.75) is 25.4 Å². The number of nitrogens with one attached hydrogen (secondary N) is 1. The van der Waals surface area contributed by atoms with E-state index in [0.717, 1.165) is 49.2 Å². The van der Waals surface area contributed by atoms with Crippen LogP contribution < -0.4 is 5.32 Å². The van der Waals surface area contributed by atoms with Crippen LogP contribution in [0.1, 0.15) is 28.8 Å². The molecule has 0 saturated carbocycles. The van der Waals surface area contributed by atoms with Gasteiger partial charge in [-0.15, -0.1) is 0 Å². The summed E-state index contributed by atoms with van der Waals surface area (Å²) < 4.78 is 0. The van der Waals surface area contributed by atoms with E-state index in [0.29, 0.717) is 11.3 Å². The predicted octanol–water partition coefficient (Wildman–Crippen LogP) is 3.85. The molecule has 0 bridgehead atoms. The van der Waals surface area contributed by atoms with Gasteiger partial charge in [0.2, 0.25) is 0 Å². The number of benzene rings is 2. The number of aromatic hydroxyl groups is 1. The molecule has 1 aromatic heterocycles. The number of phenols is 1. The summed E-state index contributed by atoms with van der Waals surface area (Å²) in [7, 11) is 0. The summed E-state index contributed by atoms with van der Waals surface area (Å²) >= 11 is 0. The molecule has 1 atom stereocenters. The Kier molecular flexibility index (Phi) is 5.86. The zero-order valence-corrected chi connectivity index (χ0v) is 16.3. The lowest BCUT2D eigenvalue weighted by Crippen LogP contribution is -2.47. The second kappa shape index (κ2) is 8.88. The summed E-state index contributed by atoms with van der Waals surface area (Å²) in [4.78, 5) is 19.2. The van der Waals surface area contributed by atoms with Crippen molar-refractivity contribution in [2.75, 3.05) is 13.1 Å². The van der Waals surface area contributed by atoms with Gasteiger partial charge in [0.15, 0.2) is 0 Å². The number of phenolic OH excluding ortho intramolecular Hbond substituents is 1. The predicted molar refractivity (Wildman–Crippen MR) is 114 cm³/mol. The molecule has 0 radical (unpaired) electrons. The summed E-state index contributed by atoms with van der Waals surface area (Å²) in [5.41, 5.74) is 3.81. The third kappa shape index (κ3) is 5.00. The van der Waals surface area contributed by atoms with Gasteiger partial charge in [-0.2, -0.15) is 0 Å².